The van der Waals surface area contributed by atoms with Crippen LogP contribution >= 0.6 is 0 Å². The zero-order valence-corrected chi connectivity index (χ0v) is 17.3. The molecule has 9 heteroatoms. The number of anilines is 2. The van der Waals surface area contributed by atoms with Gasteiger partial charge in [-0.3, -0.25) is 14.9 Å². The lowest BCUT2D eigenvalue weighted by atomic mass is 9.95. The van der Waals surface area contributed by atoms with Crippen molar-refractivity contribution in [3.8, 4) is 0 Å². The van der Waals surface area contributed by atoms with Gasteiger partial charge in [-0.15, -0.1) is 0 Å². The van der Waals surface area contributed by atoms with Gasteiger partial charge in [0.1, 0.15) is 11.4 Å². The molecule has 0 unspecified atom stereocenters. The second-order valence-electron chi connectivity index (χ2n) is 8.00. The molecule has 0 aliphatic heterocycles. The van der Waals surface area contributed by atoms with Crippen molar-refractivity contribution >= 4 is 35.3 Å². The molecule has 1 aromatic rings. The summed E-state index contributed by atoms with van der Waals surface area (Å²) in [6.45, 7) is 11.8. The van der Waals surface area contributed by atoms with E-state index in [4.69, 9.17) is 9.47 Å². The Labute approximate surface area is 164 Å². The van der Waals surface area contributed by atoms with E-state index in [0.717, 1.165) is 6.20 Å². The van der Waals surface area contributed by atoms with Gasteiger partial charge in [-0.1, -0.05) is 20.8 Å². The number of Topliss-reactive ketones (excluding diaryl/α,β-unsaturated/α-hetero) is 1. The first-order valence-corrected chi connectivity index (χ1v) is 8.77. The van der Waals surface area contributed by atoms with Crippen molar-refractivity contribution in [1.82, 2.24) is 4.98 Å². The summed E-state index contributed by atoms with van der Waals surface area (Å²) in [6, 6.07) is 1.28. The number of hydrogen-bond donors (Lipinski definition) is 2. The number of nitrogens with zero attached hydrogens (tertiary/aromatic N) is 1. The summed E-state index contributed by atoms with van der Waals surface area (Å²) < 4.78 is 9.86. The smallest absolute Gasteiger partial charge is 0.413 e. The van der Waals surface area contributed by atoms with E-state index in [1.165, 1.54) is 6.07 Å². The van der Waals surface area contributed by atoms with E-state index in [9.17, 15) is 19.2 Å². The molecule has 154 valence electrons. The summed E-state index contributed by atoms with van der Waals surface area (Å²) in [6.07, 6.45) is 0.335. The fraction of sp³-hybridized carbons (Fsp3) is 0.526. The first-order valence-electron chi connectivity index (χ1n) is 8.77. The Kier molecular flexibility index (Phi) is 7.26. The van der Waals surface area contributed by atoms with Gasteiger partial charge in [0.25, 0.3) is 5.78 Å². The van der Waals surface area contributed by atoms with Crippen LogP contribution < -0.4 is 10.6 Å². The average molecular weight is 393 g/mol. The van der Waals surface area contributed by atoms with Gasteiger partial charge in [0.15, 0.2) is 0 Å². The van der Waals surface area contributed by atoms with Crippen LogP contribution in [0, 0.1) is 5.41 Å². The topological polar surface area (TPSA) is 124 Å². The van der Waals surface area contributed by atoms with Gasteiger partial charge in [-0.25, -0.2) is 14.6 Å². The molecule has 28 heavy (non-hydrogen) atoms. The summed E-state index contributed by atoms with van der Waals surface area (Å²) in [5, 5.41) is 5.01. The Morgan fingerprint density at radius 3 is 2.14 bits per heavy atom. The van der Waals surface area contributed by atoms with Gasteiger partial charge in [-0.05, 0) is 27.7 Å². The Balaban J connectivity index is 3.23. The third-order valence-corrected chi connectivity index (χ3v) is 3.17. The van der Waals surface area contributed by atoms with Gasteiger partial charge in [-0.2, -0.15) is 0 Å². The van der Waals surface area contributed by atoms with Crippen LogP contribution in [0.1, 0.15) is 58.8 Å². The normalized spacial score (nSPS) is 11.4. The maximum absolute atomic E-state index is 12.4. The molecule has 0 saturated carbocycles. The van der Waals surface area contributed by atoms with Crippen molar-refractivity contribution in [3.05, 3.63) is 17.8 Å². The van der Waals surface area contributed by atoms with E-state index in [1.807, 2.05) is 0 Å². The third kappa shape index (κ3) is 6.98. The number of hydrogen-bond acceptors (Lipinski definition) is 7. The van der Waals surface area contributed by atoms with Crippen molar-refractivity contribution in [1.29, 1.82) is 0 Å². The van der Waals surface area contributed by atoms with Crippen LogP contribution in [-0.4, -0.2) is 40.9 Å². The first kappa shape index (κ1) is 23.1. The average Bonchev–Trinajstić information content (AvgIpc) is 2.52. The van der Waals surface area contributed by atoms with E-state index < -0.39 is 28.9 Å². The van der Waals surface area contributed by atoms with Crippen LogP contribution in [0.25, 0.3) is 0 Å². The molecule has 0 fully saturated rings. The predicted molar refractivity (Wildman–Crippen MR) is 103 cm³/mol. The van der Waals surface area contributed by atoms with Crippen molar-refractivity contribution < 1.29 is 28.7 Å². The minimum absolute atomic E-state index is 0.0269. The van der Waals surface area contributed by atoms with Gasteiger partial charge < -0.3 is 14.8 Å². The lowest BCUT2D eigenvalue weighted by molar-refractivity contribution is -0.137. The summed E-state index contributed by atoms with van der Waals surface area (Å²) in [7, 11) is 0. The molecule has 0 aliphatic rings. The highest BCUT2D eigenvalue weighted by Crippen LogP contribution is 2.24. The second kappa shape index (κ2) is 8.81. The van der Waals surface area contributed by atoms with Crippen LogP contribution in [0.2, 0.25) is 0 Å². The summed E-state index contributed by atoms with van der Waals surface area (Å²) in [4.78, 5) is 52.4. The minimum Gasteiger partial charge on any atom is -0.460 e. The van der Waals surface area contributed by atoms with E-state index in [1.54, 1.807) is 48.5 Å². The van der Waals surface area contributed by atoms with Gasteiger partial charge in [0, 0.05) is 17.7 Å². The highest BCUT2D eigenvalue weighted by Gasteiger charge is 2.27. The van der Waals surface area contributed by atoms with Crippen molar-refractivity contribution in [2.45, 2.75) is 54.1 Å². The Morgan fingerprint density at radius 1 is 1.04 bits per heavy atom. The standard InChI is InChI=1S/C19H27N3O6/c1-8-27-15(24)14(23)11-10-20-13(22-17(26)28-19(5,6)7)9-12(11)21-16(25)18(2,3)4/h9-10H,8H2,1-7H3,(H2,20,21,22,25,26). The highest BCUT2D eigenvalue weighted by molar-refractivity contribution is 6.42. The molecule has 0 aliphatic carbocycles. The number of esters is 1. The molecular formula is C19H27N3O6. The Morgan fingerprint density at radius 2 is 1.64 bits per heavy atom. The van der Waals surface area contributed by atoms with Crippen LogP contribution in [0.4, 0.5) is 16.3 Å². The van der Waals surface area contributed by atoms with Gasteiger partial charge >= 0.3 is 12.1 Å². The monoisotopic (exact) mass is 393 g/mol. The fourth-order valence-corrected chi connectivity index (χ4v) is 1.83. The maximum atomic E-state index is 12.4. The van der Waals surface area contributed by atoms with Crippen LogP contribution in [-0.2, 0) is 19.1 Å². The molecule has 2 N–H and O–H groups in total. The van der Waals surface area contributed by atoms with Gasteiger partial charge in [0.2, 0.25) is 5.91 Å². The summed E-state index contributed by atoms with van der Waals surface area (Å²) in [5.74, 6) is -2.37. The van der Waals surface area contributed by atoms with Crippen molar-refractivity contribution in [3.63, 3.8) is 0 Å². The predicted octanol–water partition coefficient (Wildman–Crippen LogP) is 3.16. The second-order valence-corrected chi connectivity index (χ2v) is 8.00. The van der Waals surface area contributed by atoms with E-state index in [2.05, 4.69) is 15.6 Å². The number of ketones is 1. The molecular weight excluding hydrogens is 366 g/mol. The van der Waals surface area contributed by atoms with Crippen LogP contribution in [0.15, 0.2) is 12.3 Å². The lowest BCUT2D eigenvalue weighted by Gasteiger charge is -2.21. The molecule has 0 aromatic carbocycles. The molecule has 0 saturated heterocycles. The highest BCUT2D eigenvalue weighted by atomic mass is 16.6. The number of nitrogens with one attached hydrogen (secondary N) is 2. The van der Waals surface area contributed by atoms with Gasteiger partial charge in [0.05, 0.1) is 17.9 Å². The molecule has 0 bridgehead atoms. The molecule has 0 radical (unpaired) electrons. The number of rotatable bonds is 5. The van der Waals surface area contributed by atoms with Crippen molar-refractivity contribution in [2.24, 2.45) is 5.41 Å². The maximum Gasteiger partial charge on any atom is 0.413 e. The number of carbonyl (C=O) groups excluding carboxylic acids is 4. The quantitative estimate of drug-likeness (QED) is 0.447. The molecule has 0 spiro atoms. The molecule has 0 atom stereocenters. The number of pyridine rings is 1. The minimum atomic E-state index is -1.07. The first-order chi connectivity index (χ1) is 12.7. The lowest BCUT2D eigenvalue weighted by Crippen LogP contribution is -2.30. The number of amides is 2. The third-order valence-electron chi connectivity index (χ3n) is 3.17. The van der Waals surface area contributed by atoms with Crippen LogP contribution in [0.5, 0.6) is 0 Å². The van der Waals surface area contributed by atoms with Crippen LogP contribution in [0.3, 0.4) is 0 Å². The largest absolute Gasteiger partial charge is 0.460 e. The number of carbonyl (C=O) groups is 4. The number of aromatic nitrogens is 1. The number of ether oxygens (including phenoxy) is 2. The van der Waals surface area contributed by atoms with Crippen molar-refractivity contribution in [2.75, 3.05) is 17.2 Å². The molecule has 2 amide bonds. The molecule has 9 nitrogen and oxygen atoms in total. The van der Waals surface area contributed by atoms with E-state index in [0.29, 0.717) is 0 Å². The van der Waals surface area contributed by atoms with E-state index >= 15 is 0 Å². The molecule has 1 rings (SSSR count). The fourth-order valence-electron chi connectivity index (χ4n) is 1.83. The van der Waals surface area contributed by atoms with E-state index in [-0.39, 0.29) is 29.6 Å². The Bertz CT molecular complexity index is 775. The molecule has 1 aromatic heterocycles. The zero-order chi connectivity index (χ0) is 21.7. The Hall–Kier alpha value is -2.97. The summed E-state index contributed by atoms with van der Waals surface area (Å²) in [5.41, 5.74) is -1.59. The molecule has 1 heterocycles. The summed E-state index contributed by atoms with van der Waals surface area (Å²) >= 11 is 0. The zero-order valence-electron chi connectivity index (χ0n) is 17.3. The SMILES string of the molecule is CCOC(=O)C(=O)c1cnc(NC(=O)OC(C)(C)C)cc1NC(=O)C(C)(C)C.